The van der Waals surface area contributed by atoms with Gasteiger partial charge in [0.05, 0.1) is 12.2 Å². The number of hydrazine groups is 1. The molecular formula is C17H26N4O2. The first-order valence-corrected chi connectivity index (χ1v) is 8.31. The third-order valence-corrected chi connectivity index (χ3v) is 3.89. The van der Waals surface area contributed by atoms with Crippen LogP contribution in [0, 0.1) is 0 Å². The fourth-order valence-electron chi connectivity index (χ4n) is 2.62. The molecule has 0 aliphatic rings. The largest absolute Gasteiger partial charge is 0.504 e. The molecule has 3 N–H and O–H groups in total. The average Bonchev–Trinajstić information content (AvgIpc) is 2.52. The van der Waals surface area contributed by atoms with Gasteiger partial charge in [-0.05, 0) is 18.6 Å². The normalized spacial score (nSPS) is 11.4. The maximum atomic E-state index is 12.0. The highest BCUT2D eigenvalue weighted by atomic mass is 16.3. The minimum atomic E-state index is -0.214. The van der Waals surface area contributed by atoms with Crippen molar-refractivity contribution in [2.24, 2.45) is 5.84 Å². The van der Waals surface area contributed by atoms with E-state index in [1.807, 2.05) is 0 Å². The number of rotatable bonds is 9. The van der Waals surface area contributed by atoms with Crippen LogP contribution in [0.4, 0.5) is 0 Å². The zero-order valence-corrected chi connectivity index (χ0v) is 13.7. The van der Waals surface area contributed by atoms with E-state index in [0.29, 0.717) is 12.2 Å². The van der Waals surface area contributed by atoms with E-state index in [2.05, 4.69) is 11.9 Å². The minimum absolute atomic E-state index is 0.00838. The zero-order valence-electron chi connectivity index (χ0n) is 13.7. The van der Waals surface area contributed by atoms with Crippen LogP contribution in [0.3, 0.4) is 0 Å². The Hall–Kier alpha value is -1.92. The highest BCUT2D eigenvalue weighted by Crippen LogP contribution is 2.14. The molecule has 0 fully saturated rings. The van der Waals surface area contributed by atoms with Crippen molar-refractivity contribution in [2.75, 3.05) is 6.54 Å². The number of pyridine rings is 1. The molecule has 0 atom stereocenters. The van der Waals surface area contributed by atoms with Crippen molar-refractivity contribution in [3.05, 3.63) is 40.4 Å². The highest BCUT2D eigenvalue weighted by Gasteiger charge is 2.08. The summed E-state index contributed by atoms with van der Waals surface area (Å²) in [5.41, 5.74) is 0.627. The van der Waals surface area contributed by atoms with Gasteiger partial charge in [0.1, 0.15) is 0 Å². The maximum absolute atomic E-state index is 12.0. The molecule has 0 radical (unpaired) electrons. The van der Waals surface area contributed by atoms with Crippen LogP contribution >= 0.6 is 0 Å². The number of nitrogens with zero attached hydrogens (tertiary/aromatic N) is 3. The van der Waals surface area contributed by atoms with Crippen LogP contribution in [0.5, 0.6) is 5.75 Å². The molecule has 0 saturated carbocycles. The zero-order chi connectivity index (χ0) is 16.7. The van der Waals surface area contributed by atoms with E-state index in [0.717, 1.165) is 13.0 Å². The molecule has 0 aliphatic heterocycles. The van der Waals surface area contributed by atoms with Crippen LogP contribution in [0.2, 0.25) is 0 Å². The van der Waals surface area contributed by atoms with Gasteiger partial charge >= 0.3 is 0 Å². The third kappa shape index (κ3) is 5.04. The Bertz CT molecular complexity index is 684. The van der Waals surface area contributed by atoms with Crippen molar-refractivity contribution in [1.82, 2.24) is 14.4 Å². The Balaban J connectivity index is 1.91. The predicted octanol–water partition coefficient (Wildman–Crippen LogP) is 2.44. The molecule has 6 heteroatoms. The molecule has 2 heterocycles. The summed E-state index contributed by atoms with van der Waals surface area (Å²) in [6.07, 6.45) is 8.86. The van der Waals surface area contributed by atoms with Crippen LogP contribution in [0.15, 0.2) is 29.2 Å². The topological polar surface area (TPSA) is 83.9 Å². The van der Waals surface area contributed by atoms with Gasteiger partial charge in [-0.2, -0.15) is 0 Å². The number of hydrogen-bond acceptors (Lipinski definition) is 5. The highest BCUT2D eigenvalue weighted by molar-refractivity contribution is 5.52. The van der Waals surface area contributed by atoms with Gasteiger partial charge in [-0.3, -0.25) is 15.0 Å². The Morgan fingerprint density at radius 2 is 2.00 bits per heavy atom. The molecule has 2 rings (SSSR count). The van der Waals surface area contributed by atoms with Crippen LogP contribution in [0.1, 0.15) is 51.1 Å². The molecule has 0 amide bonds. The first-order chi connectivity index (χ1) is 11.1. The van der Waals surface area contributed by atoms with Gasteiger partial charge < -0.3 is 5.11 Å². The molecule has 0 unspecified atom stereocenters. The summed E-state index contributed by atoms with van der Waals surface area (Å²) in [6.45, 7) is 3.38. The maximum Gasteiger partial charge on any atom is 0.258 e. The van der Waals surface area contributed by atoms with Gasteiger partial charge in [0, 0.05) is 18.8 Å². The number of nitrogens with two attached hydrogens (primary N) is 1. The fourth-order valence-corrected chi connectivity index (χ4v) is 2.62. The van der Waals surface area contributed by atoms with Crippen LogP contribution in [-0.4, -0.2) is 26.0 Å². The summed E-state index contributed by atoms with van der Waals surface area (Å²) < 4.78 is 1.33. The second kappa shape index (κ2) is 8.64. The van der Waals surface area contributed by atoms with Crippen molar-refractivity contribution in [3.8, 4) is 5.75 Å². The van der Waals surface area contributed by atoms with Gasteiger partial charge in [0.15, 0.2) is 11.4 Å². The Morgan fingerprint density at radius 1 is 1.26 bits per heavy atom. The number of aromatic nitrogens is 2. The lowest BCUT2D eigenvalue weighted by Gasteiger charge is -2.16. The lowest BCUT2D eigenvalue weighted by atomic mass is 10.1. The van der Waals surface area contributed by atoms with E-state index in [4.69, 9.17) is 5.84 Å². The first-order valence-electron chi connectivity index (χ1n) is 8.31. The standard InChI is InChI=1S/C17H26N4O2/c1-2-3-4-5-6-7-10-20(18)13-14-12-16(23)21-11-8-9-15(22)17(21)19-14/h8-9,11-12,22H,2-7,10,13,18H2,1H3. The summed E-state index contributed by atoms with van der Waals surface area (Å²) in [5, 5.41) is 11.5. The van der Waals surface area contributed by atoms with Crippen molar-refractivity contribution >= 4 is 5.65 Å². The SMILES string of the molecule is CCCCCCCCN(N)Cc1cc(=O)n2cccc(O)c2n1. The summed E-state index contributed by atoms with van der Waals surface area (Å²) in [5.74, 6) is 5.99. The average molecular weight is 318 g/mol. The predicted molar refractivity (Wildman–Crippen MR) is 91.1 cm³/mol. The molecule has 2 aromatic heterocycles. The van der Waals surface area contributed by atoms with Crippen molar-refractivity contribution in [1.29, 1.82) is 0 Å². The van der Waals surface area contributed by atoms with Crippen molar-refractivity contribution in [3.63, 3.8) is 0 Å². The van der Waals surface area contributed by atoms with E-state index in [-0.39, 0.29) is 17.0 Å². The smallest absolute Gasteiger partial charge is 0.258 e. The molecule has 0 spiro atoms. The van der Waals surface area contributed by atoms with Gasteiger partial charge in [-0.1, -0.05) is 39.0 Å². The Kier molecular flexibility index (Phi) is 6.55. The summed E-state index contributed by atoms with van der Waals surface area (Å²) in [4.78, 5) is 16.4. The Morgan fingerprint density at radius 3 is 2.78 bits per heavy atom. The van der Waals surface area contributed by atoms with E-state index in [1.54, 1.807) is 17.3 Å². The van der Waals surface area contributed by atoms with Gasteiger partial charge in [0.25, 0.3) is 5.56 Å². The molecule has 0 aromatic carbocycles. The molecule has 23 heavy (non-hydrogen) atoms. The van der Waals surface area contributed by atoms with E-state index in [1.165, 1.54) is 48.6 Å². The van der Waals surface area contributed by atoms with E-state index in [9.17, 15) is 9.90 Å². The lowest BCUT2D eigenvalue weighted by molar-refractivity contribution is 0.264. The molecular weight excluding hydrogens is 292 g/mol. The monoisotopic (exact) mass is 318 g/mol. The van der Waals surface area contributed by atoms with Crippen molar-refractivity contribution < 1.29 is 5.11 Å². The molecule has 2 aromatic rings. The van der Waals surface area contributed by atoms with E-state index < -0.39 is 0 Å². The molecule has 0 bridgehead atoms. The molecule has 126 valence electrons. The van der Waals surface area contributed by atoms with Crippen LogP contribution in [-0.2, 0) is 6.54 Å². The Labute approximate surface area is 136 Å². The number of aromatic hydroxyl groups is 1. The number of fused-ring (bicyclic) bond motifs is 1. The quantitative estimate of drug-likeness (QED) is 0.421. The lowest BCUT2D eigenvalue weighted by Crippen LogP contribution is -2.32. The number of hydrogen-bond donors (Lipinski definition) is 2. The molecule has 6 nitrogen and oxygen atoms in total. The number of unbranched alkanes of at least 4 members (excludes halogenated alkanes) is 5. The van der Waals surface area contributed by atoms with Crippen LogP contribution < -0.4 is 11.4 Å². The minimum Gasteiger partial charge on any atom is -0.504 e. The summed E-state index contributed by atoms with van der Waals surface area (Å²) in [7, 11) is 0. The van der Waals surface area contributed by atoms with Gasteiger partial charge in [-0.15, -0.1) is 0 Å². The second-order valence-corrected chi connectivity index (χ2v) is 5.91. The summed E-state index contributed by atoms with van der Waals surface area (Å²) in [6, 6.07) is 4.59. The van der Waals surface area contributed by atoms with E-state index >= 15 is 0 Å². The molecule has 0 saturated heterocycles. The summed E-state index contributed by atoms with van der Waals surface area (Å²) >= 11 is 0. The fraction of sp³-hybridized carbons (Fsp3) is 0.529. The molecule has 0 aliphatic carbocycles. The van der Waals surface area contributed by atoms with Crippen LogP contribution in [0.25, 0.3) is 5.65 Å². The first kappa shape index (κ1) is 17.4. The van der Waals surface area contributed by atoms with Gasteiger partial charge in [-0.25, -0.2) is 9.99 Å². The van der Waals surface area contributed by atoms with Gasteiger partial charge in [0.2, 0.25) is 0 Å². The van der Waals surface area contributed by atoms with Crippen molar-refractivity contribution in [2.45, 2.75) is 52.0 Å². The third-order valence-electron chi connectivity index (χ3n) is 3.89. The second-order valence-electron chi connectivity index (χ2n) is 5.91.